The van der Waals surface area contributed by atoms with Gasteiger partial charge in [-0.2, -0.15) is 0 Å². The van der Waals surface area contributed by atoms with Crippen LogP contribution in [0.3, 0.4) is 0 Å². The standard InChI is InChI=1S/C26H31N3O4S/c1-4-17-7-9-18(10-8-17)25-28-24(19-11-12-21(31-2)22(14-19)32-3)26(29-25)34-16-23(30)27-15-20-6-5-13-33-20/h7-12,14,20H,4-6,13,15-16H2,1-3H3,(H,27,30)(H,28,29)/t20-/m0/s1. The number of aryl methyl sites for hydroxylation is 1. The summed E-state index contributed by atoms with van der Waals surface area (Å²) in [7, 11) is 3.23. The fourth-order valence-electron chi connectivity index (χ4n) is 3.90. The second-order valence-corrected chi connectivity index (χ2v) is 9.08. The lowest BCUT2D eigenvalue weighted by atomic mass is 10.1. The van der Waals surface area contributed by atoms with Crippen LogP contribution < -0.4 is 14.8 Å². The van der Waals surface area contributed by atoms with E-state index in [1.54, 1.807) is 14.2 Å². The molecular formula is C26H31N3O4S. The Balaban J connectivity index is 1.57. The average molecular weight is 482 g/mol. The first kappa shape index (κ1) is 24.2. The van der Waals surface area contributed by atoms with Crippen molar-refractivity contribution in [3.8, 4) is 34.1 Å². The van der Waals surface area contributed by atoms with E-state index in [4.69, 9.17) is 19.2 Å². The highest BCUT2D eigenvalue weighted by molar-refractivity contribution is 8.00. The van der Waals surface area contributed by atoms with Crippen LogP contribution in [0.5, 0.6) is 11.5 Å². The molecule has 4 rings (SSSR count). The highest BCUT2D eigenvalue weighted by Crippen LogP contribution is 2.37. The van der Waals surface area contributed by atoms with Gasteiger partial charge in [0.15, 0.2) is 11.5 Å². The Kier molecular flexibility index (Phi) is 8.13. The van der Waals surface area contributed by atoms with E-state index in [1.165, 1.54) is 17.3 Å². The van der Waals surface area contributed by atoms with Gasteiger partial charge in [-0.05, 0) is 43.0 Å². The molecule has 7 nitrogen and oxygen atoms in total. The van der Waals surface area contributed by atoms with Gasteiger partial charge in [0, 0.05) is 24.3 Å². The van der Waals surface area contributed by atoms with E-state index in [0.29, 0.717) is 18.0 Å². The van der Waals surface area contributed by atoms with Crippen LogP contribution in [0.25, 0.3) is 22.6 Å². The highest BCUT2D eigenvalue weighted by atomic mass is 32.2. The number of rotatable bonds is 10. The molecule has 180 valence electrons. The molecule has 2 heterocycles. The number of aromatic amines is 1. The van der Waals surface area contributed by atoms with E-state index in [1.807, 2.05) is 18.2 Å². The number of carbonyl (C=O) groups excluding carboxylic acids is 1. The van der Waals surface area contributed by atoms with Gasteiger partial charge in [0.05, 0.1) is 31.8 Å². The van der Waals surface area contributed by atoms with Crippen molar-refractivity contribution in [2.75, 3.05) is 33.1 Å². The van der Waals surface area contributed by atoms with Crippen LogP contribution in [0.1, 0.15) is 25.3 Å². The largest absolute Gasteiger partial charge is 0.493 e. The topological polar surface area (TPSA) is 85.5 Å². The summed E-state index contributed by atoms with van der Waals surface area (Å²) in [5, 5.41) is 3.74. The van der Waals surface area contributed by atoms with Crippen LogP contribution >= 0.6 is 11.8 Å². The number of nitrogens with zero attached hydrogens (tertiary/aromatic N) is 1. The third-order valence-corrected chi connectivity index (χ3v) is 6.84. The summed E-state index contributed by atoms with van der Waals surface area (Å²) in [5.41, 5.74) is 4.01. The molecular weight excluding hydrogens is 450 g/mol. The van der Waals surface area contributed by atoms with E-state index < -0.39 is 0 Å². The minimum atomic E-state index is -0.0318. The molecule has 8 heteroatoms. The van der Waals surface area contributed by atoms with Gasteiger partial charge in [-0.3, -0.25) is 4.79 Å². The first-order valence-corrected chi connectivity index (χ1v) is 12.5. The van der Waals surface area contributed by atoms with E-state index in [2.05, 4.69) is 41.5 Å². The lowest BCUT2D eigenvalue weighted by Gasteiger charge is -2.11. The maximum Gasteiger partial charge on any atom is 0.230 e. The zero-order valence-corrected chi connectivity index (χ0v) is 20.7. The fraction of sp³-hybridized carbons (Fsp3) is 0.385. The lowest BCUT2D eigenvalue weighted by molar-refractivity contribution is -0.119. The van der Waals surface area contributed by atoms with Crippen molar-refractivity contribution in [1.29, 1.82) is 0 Å². The number of amides is 1. The number of hydrogen-bond acceptors (Lipinski definition) is 6. The Hall–Kier alpha value is -2.97. The third kappa shape index (κ3) is 5.74. The molecule has 3 aromatic rings. The maximum absolute atomic E-state index is 12.5. The molecule has 1 aromatic heterocycles. The minimum absolute atomic E-state index is 0.0318. The number of carbonyl (C=O) groups is 1. The quantitative estimate of drug-likeness (QED) is 0.408. The molecule has 2 N–H and O–H groups in total. The van der Waals surface area contributed by atoms with Gasteiger partial charge in [-0.1, -0.05) is 43.0 Å². The maximum atomic E-state index is 12.5. The Labute approximate surface area is 204 Å². The zero-order valence-electron chi connectivity index (χ0n) is 19.8. The van der Waals surface area contributed by atoms with Gasteiger partial charge in [-0.15, -0.1) is 0 Å². The second-order valence-electron chi connectivity index (χ2n) is 8.11. The van der Waals surface area contributed by atoms with Gasteiger partial charge in [0.25, 0.3) is 0 Å². The van der Waals surface area contributed by atoms with Crippen LogP contribution in [0, 0.1) is 0 Å². The third-order valence-electron chi connectivity index (χ3n) is 5.87. The van der Waals surface area contributed by atoms with Crippen molar-refractivity contribution in [1.82, 2.24) is 15.3 Å². The number of benzene rings is 2. The molecule has 1 amide bonds. The Morgan fingerprint density at radius 2 is 1.91 bits per heavy atom. The van der Waals surface area contributed by atoms with Crippen molar-refractivity contribution in [2.45, 2.75) is 37.3 Å². The predicted octanol–water partition coefficient (Wildman–Crippen LogP) is 4.71. The smallest absolute Gasteiger partial charge is 0.230 e. The average Bonchev–Trinajstić information content (AvgIpc) is 3.56. The number of methoxy groups -OCH3 is 2. The van der Waals surface area contributed by atoms with E-state index >= 15 is 0 Å². The molecule has 1 aliphatic heterocycles. The molecule has 1 aliphatic rings. The number of imidazole rings is 1. The van der Waals surface area contributed by atoms with Crippen LogP contribution in [0.2, 0.25) is 0 Å². The number of aromatic nitrogens is 2. The molecule has 0 bridgehead atoms. The van der Waals surface area contributed by atoms with E-state index in [0.717, 1.165) is 53.5 Å². The van der Waals surface area contributed by atoms with Crippen molar-refractivity contribution >= 4 is 17.7 Å². The van der Waals surface area contributed by atoms with Gasteiger partial charge in [-0.25, -0.2) is 4.98 Å². The van der Waals surface area contributed by atoms with Crippen LogP contribution in [-0.4, -0.2) is 55.1 Å². The fourth-order valence-corrected chi connectivity index (χ4v) is 4.74. The van der Waals surface area contributed by atoms with Gasteiger partial charge in [0.2, 0.25) is 5.91 Å². The number of H-pyrrole nitrogens is 1. The zero-order chi connectivity index (χ0) is 23.9. The summed E-state index contributed by atoms with van der Waals surface area (Å²) in [6.07, 6.45) is 3.16. The van der Waals surface area contributed by atoms with E-state index in [9.17, 15) is 4.79 Å². The molecule has 0 saturated carbocycles. The summed E-state index contributed by atoms with van der Waals surface area (Å²) in [5.74, 6) is 2.29. The van der Waals surface area contributed by atoms with Crippen LogP contribution in [-0.2, 0) is 16.0 Å². The predicted molar refractivity (Wildman–Crippen MR) is 135 cm³/mol. The van der Waals surface area contributed by atoms with Gasteiger partial charge in [0.1, 0.15) is 10.9 Å². The van der Waals surface area contributed by atoms with Crippen molar-refractivity contribution in [3.63, 3.8) is 0 Å². The van der Waals surface area contributed by atoms with Crippen molar-refractivity contribution in [2.24, 2.45) is 0 Å². The SMILES string of the molecule is CCc1ccc(-c2nc(SCC(=O)NC[C@@H]3CCCO3)c(-c3ccc(OC)c(OC)c3)[nH]2)cc1. The summed E-state index contributed by atoms with van der Waals surface area (Å²) in [4.78, 5) is 20.8. The van der Waals surface area contributed by atoms with Gasteiger partial charge < -0.3 is 24.5 Å². The monoisotopic (exact) mass is 481 g/mol. The minimum Gasteiger partial charge on any atom is -0.493 e. The first-order chi connectivity index (χ1) is 16.6. The van der Waals surface area contributed by atoms with E-state index in [-0.39, 0.29) is 17.8 Å². The lowest BCUT2D eigenvalue weighted by Crippen LogP contribution is -2.32. The summed E-state index contributed by atoms with van der Waals surface area (Å²) in [6, 6.07) is 14.1. The molecule has 1 atom stereocenters. The summed E-state index contributed by atoms with van der Waals surface area (Å²) in [6.45, 7) is 3.46. The Bertz CT molecular complexity index is 1110. The molecule has 0 unspecified atom stereocenters. The summed E-state index contributed by atoms with van der Waals surface area (Å²) >= 11 is 1.41. The van der Waals surface area contributed by atoms with Crippen molar-refractivity contribution in [3.05, 3.63) is 48.0 Å². The highest BCUT2D eigenvalue weighted by Gasteiger charge is 2.19. The molecule has 1 fully saturated rings. The van der Waals surface area contributed by atoms with Gasteiger partial charge >= 0.3 is 0 Å². The van der Waals surface area contributed by atoms with Crippen LogP contribution in [0.15, 0.2) is 47.5 Å². The number of ether oxygens (including phenoxy) is 3. The first-order valence-electron chi connectivity index (χ1n) is 11.5. The Morgan fingerprint density at radius 3 is 2.59 bits per heavy atom. The Morgan fingerprint density at radius 1 is 1.15 bits per heavy atom. The number of nitrogens with one attached hydrogen (secondary N) is 2. The molecule has 34 heavy (non-hydrogen) atoms. The second kappa shape index (κ2) is 11.4. The molecule has 0 radical (unpaired) electrons. The number of thioether (sulfide) groups is 1. The molecule has 1 saturated heterocycles. The molecule has 0 spiro atoms. The summed E-state index contributed by atoms with van der Waals surface area (Å²) < 4.78 is 16.5. The molecule has 0 aliphatic carbocycles. The molecule has 2 aromatic carbocycles. The van der Waals surface area contributed by atoms with Crippen LogP contribution in [0.4, 0.5) is 0 Å². The van der Waals surface area contributed by atoms with Crippen molar-refractivity contribution < 1.29 is 19.0 Å². The number of hydrogen-bond donors (Lipinski definition) is 2. The normalized spacial score (nSPS) is 15.3.